The molecule has 0 aliphatic carbocycles. The van der Waals surface area contributed by atoms with Crippen LogP contribution in [-0.2, 0) is 4.74 Å². The van der Waals surface area contributed by atoms with Crippen LogP contribution in [0.25, 0.3) is 10.8 Å². The van der Waals surface area contributed by atoms with E-state index in [0.29, 0.717) is 24.0 Å². The Hall–Kier alpha value is -2.34. The number of nitrogens with one attached hydrogen (secondary N) is 1. The van der Waals surface area contributed by atoms with Crippen molar-refractivity contribution in [1.29, 1.82) is 5.41 Å². The van der Waals surface area contributed by atoms with Crippen LogP contribution < -0.4 is 0 Å². The fourth-order valence-electron chi connectivity index (χ4n) is 2.32. The maximum absolute atomic E-state index is 10.1. The van der Waals surface area contributed by atoms with Crippen molar-refractivity contribution in [2.75, 3.05) is 13.2 Å². The van der Waals surface area contributed by atoms with Crippen LogP contribution >= 0.6 is 0 Å². The number of benzene rings is 1. The lowest BCUT2D eigenvalue weighted by Gasteiger charge is -2.05. The highest BCUT2D eigenvalue weighted by molar-refractivity contribution is 6.30. The number of aromatic hydroxyl groups is 2. The number of aromatic nitrogens is 1. The van der Waals surface area contributed by atoms with Crippen molar-refractivity contribution < 1.29 is 14.9 Å². The zero-order valence-electron chi connectivity index (χ0n) is 10.8. The molecule has 2 heterocycles. The Morgan fingerprint density at radius 3 is 2.50 bits per heavy atom. The van der Waals surface area contributed by atoms with Crippen molar-refractivity contribution in [3.05, 3.63) is 24.3 Å². The number of rotatable bonds is 2. The summed E-state index contributed by atoms with van der Waals surface area (Å²) in [5.74, 6) is -0.391. The molecular weight excluding hydrogens is 258 g/mol. The van der Waals surface area contributed by atoms with E-state index in [0.717, 1.165) is 11.0 Å². The smallest absolute Gasteiger partial charge is 0.208 e. The van der Waals surface area contributed by atoms with Crippen molar-refractivity contribution >= 4 is 22.8 Å². The molecule has 1 aliphatic heterocycles. The van der Waals surface area contributed by atoms with Crippen LogP contribution in [-0.4, -0.2) is 46.1 Å². The second-order valence-corrected chi connectivity index (χ2v) is 4.71. The lowest BCUT2D eigenvalue weighted by atomic mass is 10.2. The quantitative estimate of drug-likeness (QED) is 0.575. The Bertz CT molecular complexity index is 645. The highest BCUT2D eigenvalue weighted by Crippen LogP contribution is 2.35. The molecule has 0 saturated carbocycles. The van der Waals surface area contributed by atoms with E-state index in [1.54, 1.807) is 24.3 Å². The van der Waals surface area contributed by atoms with Gasteiger partial charge in [0.2, 0.25) is 11.8 Å². The predicted molar refractivity (Wildman–Crippen MR) is 76.1 cm³/mol. The van der Waals surface area contributed by atoms with E-state index in [1.807, 2.05) is 0 Å². The molecule has 0 spiro atoms. The normalized spacial score (nSPS) is 19.1. The highest BCUT2D eigenvalue weighted by atomic mass is 16.5. The van der Waals surface area contributed by atoms with Gasteiger partial charge in [0, 0.05) is 17.4 Å². The molecule has 1 unspecified atom stereocenters. The summed E-state index contributed by atoms with van der Waals surface area (Å²) in [6, 6.07) is 6.95. The zero-order chi connectivity index (χ0) is 14.1. The molecule has 104 valence electrons. The molecule has 0 bridgehead atoms. The first-order chi connectivity index (χ1) is 9.68. The van der Waals surface area contributed by atoms with Gasteiger partial charge in [-0.15, -0.1) is 0 Å². The van der Waals surface area contributed by atoms with Crippen LogP contribution in [0.3, 0.4) is 0 Å². The number of hydrogen-bond donors (Lipinski definition) is 3. The first-order valence-electron chi connectivity index (χ1n) is 6.39. The first-order valence-corrected chi connectivity index (χ1v) is 6.39. The monoisotopic (exact) mass is 273 g/mol. The topological polar surface area (TPSA) is 90.8 Å². The molecule has 1 fully saturated rings. The Kier molecular flexibility index (Phi) is 3.15. The van der Waals surface area contributed by atoms with Gasteiger partial charge in [0.15, 0.2) is 5.84 Å². The molecular formula is C14H15N3O3. The molecule has 2 aromatic rings. The average molecular weight is 273 g/mol. The zero-order valence-corrected chi connectivity index (χ0v) is 10.8. The summed E-state index contributed by atoms with van der Waals surface area (Å²) in [4.78, 5) is 4.23. The Balaban J connectivity index is 1.95. The molecule has 0 radical (unpaired) electrons. The average Bonchev–Trinajstić information content (AvgIpc) is 3.05. The van der Waals surface area contributed by atoms with Crippen molar-refractivity contribution in [2.45, 2.75) is 12.5 Å². The van der Waals surface area contributed by atoms with Gasteiger partial charge < -0.3 is 14.9 Å². The summed E-state index contributed by atoms with van der Waals surface area (Å²) in [6.45, 7) is 1.23. The number of aliphatic imine (C=N–C) groups is 1. The lowest BCUT2D eigenvalue weighted by Crippen LogP contribution is -2.13. The molecule has 0 amide bonds. The van der Waals surface area contributed by atoms with Crippen molar-refractivity contribution in [2.24, 2.45) is 4.99 Å². The second-order valence-electron chi connectivity index (χ2n) is 4.71. The van der Waals surface area contributed by atoms with E-state index in [1.165, 1.54) is 6.21 Å². The van der Waals surface area contributed by atoms with Gasteiger partial charge in [-0.05, 0) is 18.6 Å². The highest BCUT2D eigenvalue weighted by Gasteiger charge is 2.18. The summed E-state index contributed by atoms with van der Waals surface area (Å²) in [6.07, 6.45) is 2.17. The number of ether oxygens (including phenoxy) is 1. The fourth-order valence-corrected chi connectivity index (χ4v) is 2.32. The molecule has 1 aromatic heterocycles. The van der Waals surface area contributed by atoms with Crippen LogP contribution in [0.4, 0.5) is 0 Å². The largest absolute Gasteiger partial charge is 0.494 e. The molecule has 6 nitrogen and oxygen atoms in total. The minimum absolute atomic E-state index is 0.0459. The summed E-state index contributed by atoms with van der Waals surface area (Å²) in [5.41, 5.74) is 0. The number of hydrogen-bond acceptors (Lipinski definition) is 5. The van der Waals surface area contributed by atoms with Gasteiger partial charge in [-0.1, -0.05) is 12.1 Å². The third-order valence-electron chi connectivity index (χ3n) is 3.39. The van der Waals surface area contributed by atoms with Crippen LogP contribution in [0, 0.1) is 5.41 Å². The minimum Gasteiger partial charge on any atom is -0.494 e. The van der Waals surface area contributed by atoms with E-state index in [4.69, 9.17) is 10.1 Å². The van der Waals surface area contributed by atoms with Crippen LogP contribution in [0.5, 0.6) is 11.8 Å². The van der Waals surface area contributed by atoms with Crippen LogP contribution in [0.1, 0.15) is 6.42 Å². The van der Waals surface area contributed by atoms with E-state index < -0.39 is 0 Å². The van der Waals surface area contributed by atoms with E-state index in [9.17, 15) is 10.2 Å². The molecule has 1 atom stereocenters. The SMILES string of the molecule is N=C(C=NC1CCOC1)n1c(O)c2ccccc2c1O. The van der Waals surface area contributed by atoms with Gasteiger partial charge in [-0.25, -0.2) is 4.57 Å². The summed E-state index contributed by atoms with van der Waals surface area (Å²) >= 11 is 0. The minimum atomic E-state index is -0.155. The second kappa shape index (κ2) is 4.97. The molecule has 3 N–H and O–H groups in total. The predicted octanol–water partition coefficient (Wildman–Crippen LogP) is 1.74. The Labute approximate surface area is 115 Å². The summed E-state index contributed by atoms with van der Waals surface area (Å²) < 4.78 is 6.27. The maximum Gasteiger partial charge on any atom is 0.208 e. The standard InChI is InChI=1S/C14H15N3O3/c15-12(7-16-9-5-6-20-8-9)17-13(18)10-3-1-2-4-11(10)14(17)19/h1-4,7,9,15,18-19H,5-6,8H2. The Morgan fingerprint density at radius 2 is 1.95 bits per heavy atom. The lowest BCUT2D eigenvalue weighted by molar-refractivity contribution is 0.194. The van der Waals surface area contributed by atoms with Crippen molar-refractivity contribution in [3.63, 3.8) is 0 Å². The number of nitrogens with zero attached hydrogens (tertiary/aromatic N) is 2. The van der Waals surface area contributed by atoms with E-state index in [-0.39, 0.29) is 23.6 Å². The summed E-state index contributed by atoms with van der Waals surface area (Å²) in [7, 11) is 0. The van der Waals surface area contributed by atoms with Gasteiger partial charge in [0.05, 0.1) is 18.9 Å². The van der Waals surface area contributed by atoms with Crippen molar-refractivity contribution in [3.8, 4) is 11.8 Å². The molecule has 1 saturated heterocycles. The van der Waals surface area contributed by atoms with E-state index >= 15 is 0 Å². The van der Waals surface area contributed by atoms with E-state index in [2.05, 4.69) is 4.99 Å². The van der Waals surface area contributed by atoms with Crippen LogP contribution in [0.15, 0.2) is 29.3 Å². The molecule has 20 heavy (non-hydrogen) atoms. The van der Waals surface area contributed by atoms with Gasteiger partial charge in [-0.3, -0.25) is 10.4 Å². The molecule has 1 aromatic carbocycles. The molecule has 6 heteroatoms. The van der Waals surface area contributed by atoms with Crippen molar-refractivity contribution in [1.82, 2.24) is 4.57 Å². The Morgan fingerprint density at radius 1 is 1.30 bits per heavy atom. The van der Waals surface area contributed by atoms with Gasteiger partial charge in [0.1, 0.15) is 0 Å². The molecule has 3 rings (SSSR count). The maximum atomic E-state index is 10.1. The number of fused-ring (bicyclic) bond motifs is 1. The third-order valence-corrected chi connectivity index (χ3v) is 3.39. The van der Waals surface area contributed by atoms with Crippen LogP contribution in [0.2, 0.25) is 0 Å². The fraction of sp³-hybridized carbons (Fsp3) is 0.286. The first kappa shape index (κ1) is 12.7. The molecule has 1 aliphatic rings. The van der Waals surface area contributed by atoms with Gasteiger partial charge in [0.25, 0.3) is 0 Å². The van der Waals surface area contributed by atoms with Gasteiger partial charge >= 0.3 is 0 Å². The summed E-state index contributed by atoms with van der Waals surface area (Å²) in [5, 5.41) is 29.2. The van der Waals surface area contributed by atoms with Gasteiger partial charge in [-0.2, -0.15) is 0 Å². The third kappa shape index (κ3) is 2.04.